The second-order valence-electron chi connectivity index (χ2n) is 9.93. The third-order valence-corrected chi connectivity index (χ3v) is 8.78. The van der Waals surface area contributed by atoms with Crippen LogP contribution in [0, 0.1) is 5.92 Å². The second-order valence-corrected chi connectivity index (χ2v) is 12.1. The molecule has 8 heteroatoms. The zero-order valence-electron chi connectivity index (χ0n) is 23.7. The van der Waals surface area contributed by atoms with E-state index < -0.39 is 25.9 Å². The Kier molecular flexibility index (Phi) is 11.2. The summed E-state index contributed by atoms with van der Waals surface area (Å²) in [7, 11) is -3.70. The van der Waals surface area contributed by atoms with Crippen LogP contribution in [0.15, 0.2) is 115 Å². The lowest BCUT2D eigenvalue weighted by molar-refractivity contribution is -0.140. The molecule has 218 valence electrons. The number of carboxylic acid groups (broad SMARTS) is 1. The molecule has 1 amide bonds. The van der Waals surface area contributed by atoms with Gasteiger partial charge in [-0.2, -0.15) is 0 Å². The molecule has 1 atom stereocenters. The maximum absolute atomic E-state index is 13.9. The van der Waals surface area contributed by atoms with Gasteiger partial charge in [0, 0.05) is 18.2 Å². The van der Waals surface area contributed by atoms with Crippen molar-refractivity contribution in [1.82, 2.24) is 0 Å². The van der Waals surface area contributed by atoms with E-state index in [1.165, 1.54) is 0 Å². The Hall–Kier alpha value is -4.03. The first kappa shape index (κ1) is 30.9. The highest BCUT2D eigenvalue weighted by Crippen LogP contribution is 2.51. The zero-order chi connectivity index (χ0) is 29.8. The molecule has 4 aromatic carbocycles. The smallest absolute Gasteiger partial charge is 0.331 e. The summed E-state index contributed by atoms with van der Waals surface area (Å²) in [5.74, 6) is -2.36. The average Bonchev–Trinajstić information content (AvgIpc) is 3.03. The standard InChI is InChI=1S/C34H36NO6P/c1-2-35(32-20-18-30(19-21-32)29-16-10-5-11-17-29)34(38)31(24-33(36)37)22-23-42(39,40-25-27-12-6-3-7-13-27)41-26-28-14-8-4-9-15-28/h3-21,31H,2,22-26H2,1H3,(H,36,37). The van der Waals surface area contributed by atoms with Gasteiger partial charge < -0.3 is 19.1 Å². The number of carbonyl (C=O) groups is 2. The van der Waals surface area contributed by atoms with Gasteiger partial charge in [0.05, 0.1) is 25.8 Å². The van der Waals surface area contributed by atoms with Crippen LogP contribution in [0.3, 0.4) is 0 Å². The first-order chi connectivity index (χ1) is 20.4. The molecule has 0 aliphatic rings. The van der Waals surface area contributed by atoms with Crippen LogP contribution in [0.4, 0.5) is 5.69 Å². The van der Waals surface area contributed by atoms with Crippen molar-refractivity contribution in [1.29, 1.82) is 0 Å². The lowest BCUT2D eigenvalue weighted by atomic mass is 9.99. The zero-order valence-corrected chi connectivity index (χ0v) is 24.6. The molecule has 0 saturated heterocycles. The Morgan fingerprint density at radius 1 is 0.738 bits per heavy atom. The van der Waals surface area contributed by atoms with Crippen LogP contribution in [0.1, 0.15) is 30.9 Å². The highest BCUT2D eigenvalue weighted by atomic mass is 31.2. The quantitative estimate of drug-likeness (QED) is 0.143. The number of rotatable bonds is 15. The van der Waals surface area contributed by atoms with Gasteiger partial charge in [0.1, 0.15) is 0 Å². The van der Waals surface area contributed by atoms with E-state index in [9.17, 15) is 19.3 Å². The van der Waals surface area contributed by atoms with Crippen LogP contribution in [-0.2, 0) is 36.4 Å². The molecule has 0 aromatic heterocycles. The fourth-order valence-corrected chi connectivity index (χ4v) is 6.30. The van der Waals surface area contributed by atoms with Crippen LogP contribution in [0.5, 0.6) is 0 Å². The van der Waals surface area contributed by atoms with Gasteiger partial charge in [-0.05, 0) is 47.7 Å². The van der Waals surface area contributed by atoms with Crippen molar-refractivity contribution in [3.05, 3.63) is 126 Å². The molecular formula is C34H36NO6P. The van der Waals surface area contributed by atoms with Crippen molar-refractivity contribution in [2.24, 2.45) is 5.92 Å². The first-order valence-corrected chi connectivity index (χ1v) is 15.7. The van der Waals surface area contributed by atoms with Gasteiger partial charge in [-0.15, -0.1) is 0 Å². The fourth-order valence-electron chi connectivity index (χ4n) is 4.65. The predicted octanol–water partition coefficient (Wildman–Crippen LogP) is 7.81. The maximum atomic E-state index is 13.9. The van der Waals surface area contributed by atoms with E-state index in [2.05, 4.69) is 0 Å². The van der Waals surface area contributed by atoms with Crippen LogP contribution >= 0.6 is 7.60 Å². The highest BCUT2D eigenvalue weighted by molar-refractivity contribution is 7.53. The maximum Gasteiger partial charge on any atom is 0.331 e. The van der Waals surface area contributed by atoms with Gasteiger partial charge in [0.15, 0.2) is 0 Å². The van der Waals surface area contributed by atoms with E-state index in [4.69, 9.17) is 9.05 Å². The number of aliphatic carboxylic acids is 1. The summed E-state index contributed by atoms with van der Waals surface area (Å²) in [5, 5.41) is 9.65. The van der Waals surface area contributed by atoms with Crippen molar-refractivity contribution in [3.63, 3.8) is 0 Å². The van der Waals surface area contributed by atoms with Crippen molar-refractivity contribution in [2.45, 2.75) is 33.0 Å². The van der Waals surface area contributed by atoms with E-state index in [1.807, 2.05) is 122 Å². The van der Waals surface area contributed by atoms with Crippen LogP contribution in [-0.4, -0.2) is 29.7 Å². The Morgan fingerprint density at radius 2 is 1.21 bits per heavy atom. The lowest BCUT2D eigenvalue weighted by Gasteiger charge is -2.27. The van der Waals surface area contributed by atoms with Gasteiger partial charge in [-0.3, -0.25) is 14.2 Å². The molecule has 7 nitrogen and oxygen atoms in total. The van der Waals surface area contributed by atoms with Crippen molar-refractivity contribution in [3.8, 4) is 11.1 Å². The van der Waals surface area contributed by atoms with Crippen LogP contribution < -0.4 is 4.90 Å². The van der Waals surface area contributed by atoms with Gasteiger partial charge in [-0.1, -0.05) is 103 Å². The second kappa shape index (κ2) is 15.3. The predicted molar refractivity (Wildman–Crippen MR) is 165 cm³/mol. The minimum absolute atomic E-state index is 0.0323. The number of hydrogen-bond donors (Lipinski definition) is 1. The molecule has 1 unspecified atom stereocenters. The van der Waals surface area contributed by atoms with Gasteiger partial charge in [0.2, 0.25) is 5.91 Å². The summed E-state index contributed by atoms with van der Waals surface area (Å²) >= 11 is 0. The van der Waals surface area contributed by atoms with E-state index in [0.717, 1.165) is 22.3 Å². The van der Waals surface area contributed by atoms with Crippen molar-refractivity contribution < 1.29 is 28.3 Å². The summed E-state index contributed by atoms with van der Waals surface area (Å²) in [4.78, 5) is 27.1. The molecule has 0 fully saturated rings. The number of carbonyl (C=O) groups excluding carboxylic acids is 1. The molecule has 0 radical (unpaired) electrons. The van der Waals surface area contributed by atoms with Crippen LogP contribution in [0.2, 0.25) is 0 Å². The minimum atomic E-state index is -3.70. The first-order valence-electron chi connectivity index (χ1n) is 14.0. The topological polar surface area (TPSA) is 93.1 Å². The van der Waals surface area contributed by atoms with E-state index in [1.54, 1.807) is 4.90 Å². The lowest BCUT2D eigenvalue weighted by Crippen LogP contribution is -2.37. The molecule has 0 aliphatic heterocycles. The third-order valence-electron chi connectivity index (χ3n) is 6.93. The minimum Gasteiger partial charge on any atom is -0.481 e. The SMILES string of the molecule is CCN(C(=O)C(CCP(=O)(OCc1ccccc1)OCc1ccccc1)CC(=O)O)c1ccc(-c2ccccc2)cc1. The number of nitrogens with zero attached hydrogens (tertiary/aromatic N) is 1. The summed E-state index contributed by atoms with van der Waals surface area (Å²) in [6, 6.07) is 36.2. The van der Waals surface area contributed by atoms with E-state index in [0.29, 0.717) is 12.2 Å². The average molecular weight is 586 g/mol. The van der Waals surface area contributed by atoms with E-state index >= 15 is 0 Å². The molecular weight excluding hydrogens is 549 g/mol. The Labute approximate surface area is 247 Å². The molecule has 4 rings (SSSR count). The molecule has 0 heterocycles. The number of amides is 1. The number of carboxylic acids is 1. The van der Waals surface area contributed by atoms with Crippen molar-refractivity contribution >= 4 is 25.2 Å². The Balaban J connectivity index is 1.50. The summed E-state index contributed by atoms with van der Waals surface area (Å²) < 4.78 is 25.7. The van der Waals surface area contributed by atoms with Crippen molar-refractivity contribution in [2.75, 3.05) is 17.6 Å². The Morgan fingerprint density at radius 3 is 1.69 bits per heavy atom. The summed E-state index contributed by atoms with van der Waals surface area (Å²) in [6.45, 7) is 2.34. The monoisotopic (exact) mass is 585 g/mol. The molecule has 0 saturated carbocycles. The van der Waals surface area contributed by atoms with E-state index in [-0.39, 0.29) is 31.7 Å². The normalized spacial score (nSPS) is 12.0. The highest BCUT2D eigenvalue weighted by Gasteiger charge is 2.32. The van der Waals surface area contributed by atoms with Gasteiger partial charge >= 0.3 is 13.6 Å². The molecule has 0 spiro atoms. The van der Waals surface area contributed by atoms with Gasteiger partial charge in [0.25, 0.3) is 0 Å². The molecule has 1 N–H and O–H groups in total. The van der Waals surface area contributed by atoms with Crippen LogP contribution in [0.25, 0.3) is 11.1 Å². The molecule has 42 heavy (non-hydrogen) atoms. The number of benzene rings is 4. The fraction of sp³-hybridized carbons (Fsp3) is 0.235. The largest absolute Gasteiger partial charge is 0.481 e. The summed E-state index contributed by atoms with van der Waals surface area (Å²) in [5.41, 5.74) is 4.40. The van der Waals surface area contributed by atoms with Gasteiger partial charge in [-0.25, -0.2) is 0 Å². The molecule has 4 aromatic rings. The molecule has 0 aliphatic carbocycles. The summed E-state index contributed by atoms with van der Waals surface area (Å²) in [6.07, 6.45) is -0.458. The molecule has 0 bridgehead atoms. The number of hydrogen-bond acceptors (Lipinski definition) is 5. The number of anilines is 1. The third kappa shape index (κ3) is 8.98. The Bertz CT molecular complexity index is 1420.